The van der Waals surface area contributed by atoms with Crippen molar-refractivity contribution in [1.29, 1.82) is 0 Å². The number of aromatic nitrogens is 2. The lowest BCUT2D eigenvalue weighted by Gasteiger charge is -2.09. The quantitative estimate of drug-likeness (QED) is 0.746. The minimum atomic E-state index is 0.915. The number of hydrogen-bond donors (Lipinski definition) is 1. The van der Waals surface area contributed by atoms with Gasteiger partial charge in [-0.05, 0) is 30.5 Å². The smallest absolute Gasteiger partial charge is 0.108 e. The summed E-state index contributed by atoms with van der Waals surface area (Å²) < 4.78 is 2.24. The lowest BCUT2D eigenvalue weighted by Crippen LogP contribution is -2.13. The largest absolute Gasteiger partial charge is 0.331 e. The molecule has 20 heavy (non-hydrogen) atoms. The number of rotatable bonds is 8. The summed E-state index contributed by atoms with van der Waals surface area (Å²) in [5, 5.41) is 3.43. The van der Waals surface area contributed by atoms with E-state index in [-0.39, 0.29) is 0 Å². The summed E-state index contributed by atoms with van der Waals surface area (Å²) in [5.74, 6) is 1.18. The first-order chi connectivity index (χ1) is 9.83. The molecule has 0 fully saturated rings. The van der Waals surface area contributed by atoms with E-state index in [0.29, 0.717) is 0 Å². The van der Waals surface area contributed by atoms with Crippen LogP contribution in [0.3, 0.4) is 0 Å². The molecule has 0 aliphatic rings. The Hall–Kier alpha value is -1.61. The fourth-order valence-corrected chi connectivity index (χ4v) is 2.30. The van der Waals surface area contributed by atoms with Crippen LogP contribution < -0.4 is 5.32 Å². The molecule has 108 valence electrons. The molecule has 0 saturated heterocycles. The van der Waals surface area contributed by atoms with Crippen molar-refractivity contribution >= 4 is 0 Å². The summed E-state index contributed by atoms with van der Waals surface area (Å²) in [4.78, 5) is 4.42. The molecule has 0 amide bonds. The third kappa shape index (κ3) is 4.20. The first-order valence-electron chi connectivity index (χ1n) is 7.62. The van der Waals surface area contributed by atoms with Crippen LogP contribution in [0.15, 0.2) is 36.7 Å². The monoisotopic (exact) mass is 271 g/mol. The molecule has 2 rings (SSSR count). The van der Waals surface area contributed by atoms with Gasteiger partial charge in [-0.3, -0.25) is 0 Å². The zero-order chi connectivity index (χ0) is 14.2. The van der Waals surface area contributed by atoms with Crippen molar-refractivity contribution in [2.75, 3.05) is 6.54 Å². The average Bonchev–Trinajstić information content (AvgIpc) is 2.89. The van der Waals surface area contributed by atoms with Gasteiger partial charge in [0.2, 0.25) is 0 Å². The van der Waals surface area contributed by atoms with Crippen LogP contribution in [-0.4, -0.2) is 16.1 Å². The molecule has 0 aliphatic carbocycles. The highest BCUT2D eigenvalue weighted by Crippen LogP contribution is 2.09. The molecule has 3 heteroatoms. The normalized spacial score (nSPS) is 10.9. The predicted octanol–water partition coefficient (Wildman–Crippen LogP) is 3.38. The summed E-state index contributed by atoms with van der Waals surface area (Å²) in [5.41, 5.74) is 2.68. The van der Waals surface area contributed by atoms with Gasteiger partial charge in [-0.15, -0.1) is 0 Å². The Morgan fingerprint density at radius 1 is 1.05 bits per heavy atom. The van der Waals surface area contributed by atoms with Crippen LogP contribution in [0.4, 0.5) is 0 Å². The minimum absolute atomic E-state index is 0.915. The highest BCUT2D eigenvalue weighted by atomic mass is 15.1. The van der Waals surface area contributed by atoms with Gasteiger partial charge in [0.15, 0.2) is 0 Å². The second-order valence-electron chi connectivity index (χ2n) is 5.21. The van der Waals surface area contributed by atoms with Crippen LogP contribution in [0.2, 0.25) is 0 Å². The maximum atomic E-state index is 4.42. The van der Waals surface area contributed by atoms with Crippen molar-refractivity contribution < 1.29 is 0 Å². The summed E-state index contributed by atoms with van der Waals surface area (Å²) in [7, 11) is 0. The summed E-state index contributed by atoms with van der Waals surface area (Å²) >= 11 is 0. The molecule has 1 N–H and O–H groups in total. The van der Waals surface area contributed by atoms with E-state index in [1.165, 1.54) is 23.4 Å². The van der Waals surface area contributed by atoms with E-state index in [2.05, 4.69) is 59.2 Å². The average molecular weight is 271 g/mol. The molecule has 0 aliphatic heterocycles. The van der Waals surface area contributed by atoms with E-state index < -0.39 is 0 Å². The first kappa shape index (κ1) is 14.8. The van der Waals surface area contributed by atoms with Crippen LogP contribution in [0, 0.1) is 0 Å². The number of nitrogens with zero attached hydrogens (tertiary/aromatic N) is 2. The van der Waals surface area contributed by atoms with Gasteiger partial charge in [0.1, 0.15) is 5.82 Å². The van der Waals surface area contributed by atoms with Gasteiger partial charge in [0.05, 0.1) is 0 Å². The Morgan fingerprint density at radius 2 is 1.80 bits per heavy atom. The summed E-state index contributed by atoms with van der Waals surface area (Å²) in [6.07, 6.45) is 7.33. The van der Waals surface area contributed by atoms with E-state index >= 15 is 0 Å². The molecular weight excluding hydrogens is 246 g/mol. The molecule has 0 unspecified atom stereocenters. The molecular formula is C17H25N3. The zero-order valence-electron chi connectivity index (χ0n) is 12.6. The Balaban J connectivity index is 1.94. The fourth-order valence-electron chi connectivity index (χ4n) is 2.30. The minimum Gasteiger partial charge on any atom is -0.331 e. The molecule has 1 aromatic carbocycles. The van der Waals surface area contributed by atoms with Gasteiger partial charge in [0, 0.05) is 31.9 Å². The molecule has 1 heterocycles. The topological polar surface area (TPSA) is 29.9 Å². The lowest BCUT2D eigenvalue weighted by molar-refractivity contribution is 0.674. The first-order valence-corrected chi connectivity index (χ1v) is 7.62. The second kappa shape index (κ2) is 7.85. The summed E-state index contributed by atoms with van der Waals surface area (Å²) in [6.45, 7) is 7.33. The van der Waals surface area contributed by atoms with Gasteiger partial charge < -0.3 is 9.88 Å². The maximum Gasteiger partial charge on any atom is 0.108 e. The third-order valence-corrected chi connectivity index (χ3v) is 3.41. The van der Waals surface area contributed by atoms with Crippen molar-refractivity contribution in [1.82, 2.24) is 14.9 Å². The van der Waals surface area contributed by atoms with Crippen molar-refractivity contribution in [3.63, 3.8) is 0 Å². The van der Waals surface area contributed by atoms with Crippen molar-refractivity contribution in [3.8, 4) is 0 Å². The van der Waals surface area contributed by atoms with Gasteiger partial charge in [-0.2, -0.15) is 0 Å². The van der Waals surface area contributed by atoms with Crippen molar-refractivity contribution in [2.24, 2.45) is 0 Å². The number of benzene rings is 1. The van der Waals surface area contributed by atoms with E-state index in [1.54, 1.807) is 0 Å². The van der Waals surface area contributed by atoms with Crippen LogP contribution in [0.5, 0.6) is 0 Å². The van der Waals surface area contributed by atoms with Crippen LogP contribution in [-0.2, 0) is 19.5 Å². The molecule has 0 atom stereocenters. The second-order valence-corrected chi connectivity index (χ2v) is 5.21. The zero-order valence-corrected chi connectivity index (χ0v) is 12.6. The Bertz CT molecular complexity index is 499. The Morgan fingerprint density at radius 3 is 2.50 bits per heavy atom. The maximum absolute atomic E-state index is 4.42. The Kier molecular flexibility index (Phi) is 5.81. The molecule has 2 aromatic rings. The highest BCUT2D eigenvalue weighted by Gasteiger charge is 2.02. The number of aryl methyl sites for hydroxylation is 1. The van der Waals surface area contributed by atoms with E-state index in [0.717, 1.165) is 32.5 Å². The van der Waals surface area contributed by atoms with E-state index in [1.807, 2.05) is 6.20 Å². The van der Waals surface area contributed by atoms with Gasteiger partial charge in [0.25, 0.3) is 0 Å². The number of hydrogen-bond acceptors (Lipinski definition) is 2. The predicted molar refractivity (Wildman–Crippen MR) is 83.8 cm³/mol. The highest BCUT2D eigenvalue weighted by molar-refractivity contribution is 5.23. The van der Waals surface area contributed by atoms with Crippen LogP contribution in [0.25, 0.3) is 0 Å². The molecule has 1 aromatic heterocycles. The van der Waals surface area contributed by atoms with Crippen LogP contribution in [0.1, 0.15) is 43.6 Å². The molecule has 0 bridgehead atoms. The van der Waals surface area contributed by atoms with E-state index in [4.69, 9.17) is 0 Å². The molecule has 0 spiro atoms. The SMILES string of the molecule is CCCNCc1ccc(Cn2ccnc2CCC)cc1. The lowest BCUT2D eigenvalue weighted by atomic mass is 10.1. The molecule has 0 saturated carbocycles. The summed E-state index contributed by atoms with van der Waals surface area (Å²) in [6, 6.07) is 8.88. The van der Waals surface area contributed by atoms with Gasteiger partial charge in [-0.25, -0.2) is 4.98 Å². The standard InChI is InChI=1S/C17H25N3/c1-3-5-17-19-11-12-20(17)14-16-8-6-15(7-9-16)13-18-10-4-2/h6-9,11-12,18H,3-5,10,13-14H2,1-2H3. The third-order valence-electron chi connectivity index (χ3n) is 3.41. The van der Waals surface area contributed by atoms with E-state index in [9.17, 15) is 0 Å². The van der Waals surface area contributed by atoms with Gasteiger partial charge in [-0.1, -0.05) is 38.1 Å². The number of nitrogens with one attached hydrogen (secondary N) is 1. The Labute approximate surface area is 122 Å². The van der Waals surface area contributed by atoms with Crippen molar-refractivity contribution in [3.05, 3.63) is 53.6 Å². The number of imidazole rings is 1. The molecule has 0 radical (unpaired) electrons. The van der Waals surface area contributed by atoms with Crippen LogP contribution >= 0.6 is 0 Å². The van der Waals surface area contributed by atoms with Crippen molar-refractivity contribution in [2.45, 2.75) is 46.2 Å². The fraction of sp³-hybridized carbons (Fsp3) is 0.471. The van der Waals surface area contributed by atoms with Gasteiger partial charge >= 0.3 is 0 Å². The molecule has 3 nitrogen and oxygen atoms in total.